The minimum absolute atomic E-state index is 0.0818. The Bertz CT molecular complexity index is 821. The zero-order valence-corrected chi connectivity index (χ0v) is 16.0. The molecular formula is C21H24FN3O4. The highest BCUT2D eigenvalue weighted by Gasteiger charge is 2.23. The number of primary amides is 1. The Kier molecular flexibility index (Phi) is 7.15. The van der Waals surface area contributed by atoms with Gasteiger partial charge in [0, 0.05) is 25.2 Å². The number of benzene rings is 2. The summed E-state index contributed by atoms with van der Waals surface area (Å²) in [6.45, 7) is 2.89. The fourth-order valence-electron chi connectivity index (χ4n) is 3.18. The van der Waals surface area contributed by atoms with Crippen molar-refractivity contribution in [2.75, 3.05) is 39.5 Å². The lowest BCUT2D eigenvalue weighted by Crippen LogP contribution is -2.43. The molecule has 0 spiro atoms. The second-order valence-corrected chi connectivity index (χ2v) is 6.71. The molecule has 2 aromatic rings. The van der Waals surface area contributed by atoms with E-state index in [4.69, 9.17) is 15.2 Å². The molecule has 154 valence electrons. The zero-order chi connectivity index (χ0) is 20.6. The standard InChI is InChI=1S/C21H24FN3O4/c22-17-5-1-15(2-6-17)19(25-9-11-28-12-10-25)13-24-21(27)16-3-7-18(8-4-16)29-14-20(23)26/h1-8,19H,9-14H2,(H2,23,26)(H,24,27). The maximum Gasteiger partial charge on any atom is 0.255 e. The molecule has 2 amide bonds. The molecular weight excluding hydrogens is 377 g/mol. The first-order valence-corrected chi connectivity index (χ1v) is 9.39. The second kappa shape index (κ2) is 9.99. The zero-order valence-electron chi connectivity index (χ0n) is 16.0. The van der Waals surface area contributed by atoms with Crippen molar-refractivity contribution >= 4 is 11.8 Å². The van der Waals surface area contributed by atoms with Crippen LogP contribution in [-0.4, -0.2) is 56.2 Å². The third kappa shape index (κ3) is 6.00. The first-order valence-electron chi connectivity index (χ1n) is 9.39. The number of nitrogens with zero attached hydrogens (tertiary/aromatic N) is 1. The Hall–Kier alpha value is -2.97. The van der Waals surface area contributed by atoms with Crippen molar-refractivity contribution in [1.82, 2.24) is 10.2 Å². The number of morpholine rings is 1. The van der Waals surface area contributed by atoms with Gasteiger partial charge in [-0.15, -0.1) is 0 Å². The third-order valence-corrected chi connectivity index (χ3v) is 4.69. The average Bonchev–Trinajstić information content (AvgIpc) is 2.74. The Labute approximate surface area is 168 Å². The molecule has 1 fully saturated rings. The highest BCUT2D eigenvalue weighted by Crippen LogP contribution is 2.22. The number of ether oxygens (including phenoxy) is 2. The molecule has 1 aliphatic rings. The lowest BCUT2D eigenvalue weighted by atomic mass is 10.0. The van der Waals surface area contributed by atoms with Crippen LogP contribution in [-0.2, 0) is 9.53 Å². The minimum Gasteiger partial charge on any atom is -0.484 e. The molecule has 29 heavy (non-hydrogen) atoms. The summed E-state index contributed by atoms with van der Waals surface area (Å²) in [6, 6.07) is 12.7. The van der Waals surface area contributed by atoms with E-state index in [9.17, 15) is 14.0 Å². The summed E-state index contributed by atoms with van der Waals surface area (Å²) in [5, 5.41) is 2.95. The number of halogens is 1. The largest absolute Gasteiger partial charge is 0.484 e. The molecule has 0 radical (unpaired) electrons. The number of amides is 2. The molecule has 0 aromatic heterocycles. The van der Waals surface area contributed by atoms with Gasteiger partial charge in [0.1, 0.15) is 11.6 Å². The number of nitrogens with one attached hydrogen (secondary N) is 1. The van der Waals surface area contributed by atoms with E-state index in [1.54, 1.807) is 36.4 Å². The van der Waals surface area contributed by atoms with Gasteiger partial charge in [0.2, 0.25) is 0 Å². The van der Waals surface area contributed by atoms with Gasteiger partial charge in [-0.05, 0) is 42.0 Å². The normalized spacial score (nSPS) is 15.5. The molecule has 2 aromatic carbocycles. The van der Waals surface area contributed by atoms with Crippen molar-refractivity contribution in [2.45, 2.75) is 6.04 Å². The average molecular weight is 401 g/mol. The monoisotopic (exact) mass is 401 g/mol. The Morgan fingerprint density at radius 3 is 2.38 bits per heavy atom. The summed E-state index contributed by atoms with van der Waals surface area (Å²) in [5.74, 6) is -0.636. The molecule has 1 heterocycles. The van der Waals surface area contributed by atoms with Gasteiger partial charge < -0.3 is 20.5 Å². The van der Waals surface area contributed by atoms with E-state index < -0.39 is 5.91 Å². The maximum absolute atomic E-state index is 13.3. The smallest absolute Gasteiger partial charge is 0.255 e. The highest BCUT2D eigenvalue weighted by atomic mass is 19.1. The number of hydrogen-bond donors (Lipinski definition) is 2. The first-order chi connectivity index (χ1) is 14.0. The fraction of sp³-hybridized carbons (Fsp3) is 0.333. The lowest BCUT2D eigenvalue weighted by molar-refractivity contribution is -0.119. The molecule has 0 saturated carbocycles. The van der Waals surface area contributed by atoms with E-state index in [2.05, 4.69) is 10.2 Å². The van der Waals surface area contributed by atoms with Gasteiger partial charge in [-0.3, -0.25) is 14.5 Å². The fourth-order valence-corrected chi connectivity index (χ4v) is 3.18. The summed E-state index contributed by atoms with van der Waals surface area (Å²) < 4.78 is 23.9. The van der Waals surface area contributed by atoms with Crippen molar-refractivity contribution in [3.05, 3.63) is 65.5 Å². The number of nitrogens with two attached hydrogens (primary N) is 1. The van der Waals surface area contributed by atoms with Crippen molar-refractivity contribution < 1.29 is 23.5 Å². The topological polar surface area (TPSA) is 93.9 Å². The van der Waals surface area contributed by atoms with Gasteiger partial charge in [0.05, 0.1) is 19.3 Å². The molecule has 0 bridgehead atoms. The number of carbonyl (C=O) groups is 2. The van der Waals surface area contributed by atoms with E-state index in [0.717, 1.165) is 18.7 Å². The number of rotatable bonds is 8. The van der Waals surface area contributed by atoms with Crippen molar-refractivity contribution in [3.63, 3.8) is 0 Å². The van der Waals surface area contributed by atoms with Gasteiger partial charge in [-0.25, -0.2) is 4.39 Å². The quantitative estimate of drug-likeness (QED) is 0.699. The van der Waals surface area contributed by atoms with E-state index >= 15 is 0 Å². The Balaban J connectivity index is 1.64. The molecule has 1 unspecified atom stereocenters. The van der Waals surface area contributed by atoms with Crippen LogP contribution in [0.5, 0.6) is 5.75 Å². The SMILES string of the molecule is NC(=O)COc1ccc(C(=O)NCC(c2ccc(F)cc2)N2CCOCC2)cc1. The molecule has 1 saturated heterocycles. The summed E-state index contributed by atoms with van der Waals surface area (Å²) in [4.78, 5) is 25.5. The summed E-state index contributed by atoms with van der Waals surface area (Å²) in [7, 11) is 0. The van der Waals surface area contributed by atoms with Crippen LogP contribution in [0.4, 0.5) is 4.39 Å². The van der Waals surface area contributed by atoms with E-state index in [1.807, 2.05) is 0 Å². The molecule has 1 atom stereocenters. The van der Waals surface area contributed by atoms with Crippen LogP contribution in [0.25, 0.3) is 0 Å². The van der Waals surface area contributed by atoms with Crippen LogP contribution < -0.4 is 15.8 Å². The third-order valence-electron chi connectivity index (χ3n) is 4.69. The van der Waals surface area contributed by atoms with Gasteiger partial charge in [0.25, 0.3) is 11.8 Å². The molecule has 1 aliphatic heterocycles. The van der Waals surface area contributed by atoms with Gasteiger partial charge in [-0.1, -0.05) is 12.1 Å². The van der Waals surface area contributed by atoms with Crippen molar-refractivity contribution in [2.24, 2.45) is 5.73 Å². The van der Waals surface area contributed by atoms with E-state index in [0.29, 0.717) is 31.1 Å². The number of carbonyl (C=O) groups excluding carboxylic acids is 2. The van der Waals surface area contributed by atoms with Gasteiger partial charge in [0.15, 0.2) is 6.61 Å². The van der Waals surface area contributed by atoms with E-state index in [1.165, 1.54) is 12.1 Å². The van der Waals surface area contributed by atoms with Crippen LogP contribution in [0.3, 0.4) is 0 Å². The summed E-state index contributed by atoms with van der Waals surface area (Å²) >= 11 is 0. The maximum atomic E-state index is 13.3. The van der Waals surface area contributed by atoms with Crippen LogP contribution in [0.2, 0.25) is 0 Å². The molecule has 0 aliphatic carbocycles. The van der Waals surface area contributed by atoms with Crippen molar-refractivity contribution in [1.29, 1.82) is 0 Å². The van der Waals surface area contributed by atoms with E-state index in [-0.39, 0.29) is 24.4 Å². The lowest BCUT2D eigenvalue weighted by Gasteiger charge is -2.35. The Morgan fingerprint density at radius 1 is 1.10 bits per heavy atom. The molecule has 7 nitrogen and oxygen atoms in total. The summed E-state index contributed by atoms with van der Waals surface area (Å²) in [6.07, 6.45) is 0. The predicted octanol–water partition coefficient (Wildman–Crippen LogP) is 1.49. The van der Waals surface area contributed by atoms with Crippen LogP contribution in [0.1, 0.15) is 22.0 Å². The predicted molar refractivity (Wildman–Crippen MR) is 105 cm³/mol. The van der Waals surface area contributed by atoms with Gasteiger partial charge >= 0.3 is 0 Å². The minimum atomic E-state index is -0.568. The van der Waals surface area contributed by atoms with Crippen molar-refractivity contribution in [3.8, 4) is 5.75 Å². The molecule has 3 rings (SSSR count). The van der Waals surface area contributed by atoms with Crippen LogP contribution in [0, 0.1) is 5.82 Å². The van der Waals surface area contributed by atoms with Crippen LogP contribution >= 0.6 is 0 Å². The number of hydrogen-bond acceptors (Lipinski definition) is 5. The van der Waals surface area contributed by atoms with Gasteiger partial charge in [-0.2, -0.15) is 0 Å². The first kappa shape index (κ1) is 20.8. The van der Waals surface area contributed by atoms with Crippen LogP contribution in [0.15, 0.2) is 48.5 Å². The highest BCUT2D eigenvalue weighted by molar-refractivity contribution is 5.94. The summed E-state index contributed by atoms with van der Waals surface area (Å²) in [5.41, 5.74) is 6.45. The molecule has 3 N–H and O–H groups in total. The Morgan fingerprint density at radius 2 is 1.76 bits per heavy atom. The molecule has 8 heteroatoms. The second-order valence-electron chi connectivity index (χ2n) is 6.71.